The van der Waals surface area contributed by atoms with Crippen LogP contribution in [0, 0.1) is 0 Å². The Morgan fingerprint density at radius 3 is 2.48 bits per heavy atom. The van der Waals surface area contributed by atoms with E-state index in [1.165, 1.54) is 6.42 Å². The number of aliphatic hydroxyl groups is 1. The molecule has 4 rings (SSSR count). The summed E-state index contributed by atoms with van der Waals surface area (Å²) in [6, 6.07) is 0. The van der Waals surface area contributed by atoms with Crippen LogP contribution in [0.25, 0.3) is 0 Å². The summed E-state index contributed by atoms with van der Waals surface area (Å²) in [4.78, 5) is 11.4. The summed E-state index contributed by atoms with van der Waals surface area (Å²) in [5.74, 6) is -1.60. The molecule has 0 bridgehead atoms. The minimum absolute atomic E-state index is 0.270. The maximum absolute atomic E-state index is 11.4. The first kappa shape index (κ1) is 17.7. The number of carbonyl (C=O) groups is 1. The Morgan fingerprint density at radius 1 is 1.12 bits per heavy atom. The van der Waals surface area contributed by atoms with Gasteiger partial charge >= 0.3 is 5.97 Å². The lowest BCUT2D eigenvalue weighted by atomic mass is 9.94. The Labute approximate surface area is 147 Å². The van der Waals surface area contributed by atoms with Gasteiger partial charge in [-0.3, -0.25) is 4.79 Å². The molecule has 7 heteroatoms. The van der Waals surface area contributed by atoms with Crippen molar-refractivity contribution >= 4 is 5.97 Å². The lowest BCUT2D eigenvalue weighted by molar-refractivity contribution is -0.211. The largest absolute Gasteiger partial charge is 0.459 e. The van der Waals surface area contributed by atoms with Gasteiger partial charge in [0.25, 0.3) is 0 Å². The summed E-state index contributed by atoms with van der Waals surface area (Å²) >= 11 is 0. The highest BCUT2D eigenvalue weighted by Crippen LogP contribution is 2.45. The first-order chi connectivity index (χ1) is 11.9. The molecule has 3 aliphatic heterocycles. The number of hydrogen-bond donors (Lipinski definition) is 1. The van der Waals surface area contributed by atoms with E-state index in [9.17, 15) is 9.90 Å². The Hall–Kier alpha value is -0.730. The van der Waals surface area contributed by atoms with Crippen LogP contribution in [-0.4, -0.2) is 59.8 Å². The molecule has 7 nitrogen and oxygen atoms in total. The van der Waals surface area contributed by atoms with Crippen molar-refractivity contribution in [3.05, 3.63) is 0 Å². The second-order valence-corrected chi connectivity index (χ2v) is 8.06. The molecule has 4 fully saturated rings. The van der Waals surface area contributed by atoms with Gasteiger partial charge in [0.2, 0.25) is 0 Å². The normalized spacial score (nSPS) is 41.2. The van der Waals surface area contributed by atoms with Crippen LogP contribution in [-0.2, 0) is 28.5 Å². The molecule has 0 radical (unpaired) electrons. The molecule has 1 N–H and O–H groups in total. The molecule has 1 saturated carbocycles. The van der Waals surface area contributed by atoms with Crippen molar-refractivity contribution in [2.45, 2.75) is 101 Å². The molecule has 0 aromatic carbocycles. The van der Waals surface area contributed by atoms with Crippen LogP contribution >= 0.6 is 0 Å². The topological polar surface area (TPSA) is 83.5 Å². The summed E-state index contributed by atoms with van der Waals surface area (Å²) in [6.45, 7) is 4.12. The maximum Gasteiger partial charge on any atom is 0.306 e. The molecular weight excluding hydrogens is 328 g/mol. The minimum atomic E-state index is -0.926. The third-order valence-corrected chi connectivity index (χ3v) is 5.67. The SMILES string of the molecule is CC1(C)OCC(C2OC3(CCCCC3)OC2C(O)C2CCC(=O)O2)O1. The lowest BCUT2D eigenvalue weighted by Gasteiger charge is -2.32. The number of esters is 1. The third kappa shape index (κ3) is 3.45. The molecule has 5 unspecified atom stereocenters. The van der Waals surface area contributed by atoms with Crippen molar-refractivity contribution in [1.82, 2.24) is 0 Å². The van der Waals surface area contributed by atoms with Crippen molar-refractivity contribution < 1.29 is 33.6 Å². The van der Waals surface area contributed by atoms with E-state index in [1.807, 2.05) is 13.8 Å². The van der Waals surface area contributed by atoms with E-state index >= 15 is 0 Å². The zero-order valence-corrected chi connectivity index (χ0v) is 14.9. The third-order valence-electron chi connectivity index (χ3n) is 5.67. The number of rotatable bonds is 3. The van der Waals surface area contributed by atoms with E-state index < -0.39 is 36.0 Å². The van der Waals surface area contributed by atoms with E-state index in [2.05, 4.69) is 0 Å². The number of aliphatic hydroxyl groups excluding tert-OH is 1. The van der Waals surface area contributed by atoms with Gasteiger partial charge in [-0.2, -0.15) is 0 Å². The average Bonchev–Trinajstić information content (AvgIpc) is 3.25. The first-order valence-corrected chi connectivity index (χ1v) is 9.42. The summed E-state index contributed by atoms with van der Waals surface area (Å²) in [7, 11) is 0. The van der Waals surface area contributed by atoms with E-state index in [0.717, 1.165) is 25.7 Å². The second kappa shape index (κ2) is 6.46. The van der Waals surface area contributed by atoms with Gasteiger partial charge in [-0.25, -0.2) is 0 Å². The van der Waals surface area contributed by atoms with Crippen molar-refractivity contribution in [2.24, 2.45) is 0 Å². The van der Waals surface area contributed by atoms with Gasteiger partial charge in [-0.15, -0.1) is 0 Å². The molecule has 0 aromatic heterocycles. The predicted molar refractivity (Wildman–Crippen MR) is 85.6 cm³/mol. The molecule has 3 saturated heterocycles. The van der Waals surface area contributed by atoms with E-state index in [1.54, 1.807) is 0 Å². The van der Waals surface area contributed by atoms with Crippen LogP contribution < -0.4 is 0 Å². The predicted octanol–water partition coefficient (Wildman–Crippen LogP) is 1.65. The monoisotopic (exact) mass is 356 g/mol. The summed E-state index contributed by atoms with van der Waals surface area (Å²) in [5.41, 5.74) is 0. The van der Waals surface area contributed by atoms with Gasteiger partial charge in [-0.05, 0) is 33.1 Å². The number of ether oxygens (including phenoxy) is 5. The minimum Gasteiger partial charge on any atom is -0.459 e. The van der Waals surface area contributed by atoms with Crippen molar-refractivity contribution in [3.63, 3.8) is 0 Å². The fourth-order valence-electron chi connectivity index (χ4n) is 4.41. The molecule has 1 aliphatic carbocycles. The summed E-state index contributed by atoms with van der Waals surface area (Å²) < 4.78 is 29.6. The number of cyclic esters (lactones) is 1. The van der Waals surface area contributed by atoms with E-state index in [-0.39, 0.29) is 12.1 Å². The Balaban J connectivity index is 1.53. The van der Waals surface area contributed by atoms with Crippen molar-refractivity contribution in [3.8, 4) is 0 Å². The Bertz CT molecular complexity index is 514. The van der Waals surface area contributed by atoms with Crippen LogP contribution in [0.1, 0.15) is 58.8 Å². The Kier molecular flexibility index (Phi) is 4.57. The Morgan fingerprint density at radius 2 is 1.88 bits per heavy atom. The van der Waals surface area contributed by atoms with Gasteiger partial charge in [0, 0.05) is 19.3 Å². The smallest absolute Gasteiger partial charge is 0.306 e. The highest BCUT2D eigenvalue weighted by molar-refractivity contribution is 5.71. The maximum atomic E-state index is 11.4. The number of carbonyl (C=O) groups excluding carboxylic acids is 1. The van der Waals surface area contributed by atoms with Gasteiger partial charge in [0.1, 0.15) is 30.5 Å². The fraction of sp³-hybridized carbons (Fsp3) is 0.944. The van der Waals surface area contributed by atoms with Crippen LogP contribution in [0.5, 0.6) is 0 Å². The van der Waals surface area contributed by atoms with Gasteiger partial charge in [-0.1, -0.05) is 6.42 Å². The first-order valence-electron chi connectivity index (χ1n) is 9.42. The quantitative estimate of drug-likeness (QED) is 0.770. The van der Waals surface area contributed by atoms with Crippen LogP contribution in [0.15, 0.2) is 0 Å². The lowest BCUT2D eigenvalue weighted by Crippen LogP contribution is -2.48. The molecule has 1 spiro atoms. The second-order valence-electron chi connectivity index (χ2n) is 8.06. The molecule has 3 heterocycles. The fourth-order valence-corrected chi connectivity index (χ4v) is 4.41. The highest BCUT2D eigenvalue weighted by Gasteiger charge is 2.57. The van der Waals surface area contributed by atoms with Crippen LogP contribution in [0.3, 0.4) is 0 Å². The molecule has 142 valence electrons. The molecule has 4 aliphatic rings. The summed E-state index contributed by atoms with van der Waals surface area (Å²) in [5, 5.41) is 10.9. The van der Waals surface area contributed by atoms with Gasteiger partial charge in [0.05, 0.1) is 6.61 Å². The molecule has 0 aromatic rings. The average molecular weight is 356 g/mol. The molecule has 5 atom stereocenters. The highest BCUT2D eigenvalue weighted by atomic mass is 16.8. The van der Waals surface area contributed by atoms with Gasteiger partial charge in [0.15, 0.2) is 11.6 Å². The van der Waals surface area contributed by atoms with Gasteiger partial charge < -0.3 is 28.8 Å². The van der Waals surface area contributed by atoms with Crippen molar-refractivity contribution in [2.75, 3.05) is 6.61 Å². The van der Waals surface area contributed by atoms with E-state index in [0.29, 0.717) is 19.4 Å². The number of hydrogen-bond acceptors (Lipinski definition) is 7. The van der Waals surface area contributed by atoms with Crippen molar-refractivity contribution in [1.29, 1.82) is 0 Å². The molecular formula is C18H28O7. The van der Waals surface area contributed by atoms with E-state index in [4.69, 9.17) is 23.7 Å². The van der Waals surface area contributed by atoms with Crippen LogP contribution in [0.2, 0.25) is 0 Å². The standard InChI is InChI=1S/C18H28O7/c1-17(2)21-10-12(23-17)15-16(14(20)11-6-7-13(19)22-11)25-18(24-15)8-4-3-5-9-18/h11-12,14-16,20H,3-10H2,1-2H3. The zero-order chi connectivity index (χ0) is 17.7. The summed E-state index contributed by atoms with van der Waals surface area (Å²) in [6.07, 6.45) is 2.92. The molecule has 0 amide bonds. The zero-order valence-electron chi connectivity index (χ0n) is 14.9. The molecule has 25 heavy (non-hydrogen) atoms. The van der Waals surface area contributed by atoms with Crippen LogP contribution in [0.4, 0.5) is 0 Å².